The molecular weight excluding hydrogens is 334 g/mol. The summed E-state index contributed by atoms with van der Waals surface area (Å²) < 4.78 is 6.65. The number of anilines is 1. The molecule has 0 bridgehead atoms. The van der Waals surface area contributed by atoms with Gasteiger partial charge in [-0.3, -0.25) is 10.1 Å². The van der Waals surface area contributed by atoms with E-state index < -0.39 is 5.72 Å². The molecule has 26 heavy (non-hydrogen) atoms. The number of methoxy groups -OCH3 is 1. The van der Waals surface area contributed by atoms with E-state index in [0.29, 0.717) is 23.3 Å². The predicted octanol–water partition coefficient (Wildman–Crippen LogP) is 0.328. The number of nitrogens with zero attached hydrogens (tertiary/aromatic N) is 4. The quantitative estimate of drug-likeness (QED) is 0.812. The Morgan fingerprint density at radius 1 is 1.54 bits per heavy atom. The fourth-order valence-electron chi connectivity index (χ4n) is 3.46. The van der Waals surface area contributed by atoms with Gasteiger partial charge in [-0.1, -0.05) is 6.92 Å². The van der Waals surface area contributed by atoms with Gasteiger partial charge >= 0.3 is 0 Å². The molecule has 0 aliphatic carbocycles. The summed E-state index contributed by atoms with van der Waals surface area (Å²) in [4.78, 5) is 18.9. The van der Waals surface area contributed by atoms with E-state index in [0.717, 1.165) is 6.42 Å². The lowest BCUT2D eigenvalue weighted by Crippen LogP contribution is -2.66. The minimum atomic E-state index is -1.22. The lowest BCUT2D eigenvalue weighted by molar-refractivity contribution is -0.0621. The number of aliphatic hydroxyl groups is 1. The molecule has 0 spiro atoms. The molecule has 8 nitrogen and oxygen atoms in total. The maximum atomic E-state index is 12.5. The number of nitrogens with one attached hydrogen (secondary N) is 1. The molecule has 3 rings (SSSR count). The summed E-state index contributed by atoms with van der Waals surface area (Å²) in [5, 5.41) is 23.1. The number of pyridine rings is 2. The molecule has 0 aromatic carbocycles. The highest BCUT2D eigenvalue weighted by Crippen LogP contribution is 2.29. The average Bonchev–Trinajstić information content (AvgIpc) is 2.64. The number of nitriles is 1. The van der Waals surface area contributed by atoms with Crippen LogP contribution in [0.25, 0.3) is 11.0 Å². The van der Waals surface area contributed by atoms with Crippen LogP contribution in [0.3, 0.4) is 0 Å². The third kappa shape index (κ3) is 3.17. The van der Waals surface area contributed by atoms with Crippen molar-refractivity contribution in [2.45, 2.75) is 25.1 Å². The smallest absolute Gasteiger partial charge is 0.252 e. The number of rotatable bonds is 4. The van der Waals surface area contributed by atoms with E-state index in [1.165, 1.54) is 17.7 Å². The van der Waals surface area contributed by atoms with Crippen molar-refractivity contribution in [1.29, 1.82) is 5.26 Å². The van der Waals surface area contributed by atoms with Gasteiger partial charge in [-0.05, 0) is 18.6 Å². The molecule has 1 fully saturated rings. The second kappa shape index (κ2) is 7.03. The summed E-state index contributed by atoms with van der Waals surface area (Å²) in [6.45, 7) is 2.97. The van der Waals surface area contributed by atoms with Gasteiger partial charge in [0.1, 0.15) is 17.3 Å². The summed E-state index contributed by atoms with van der Waals surface area (Å²) in [6, 6.07) is 6.98. The van der Waals surface area contributed by atoms with E-state index in [4.69, 9.17) is 4.74 Å². The Labute approximate surface area is 151 Å². The number of piperazine rings is 1. The van der Waals surface area contributed by atoms with Crippen LogP contribution in [0.2, 0.25) is 0 Å². The summed E-state index contributed by atoms with van der Waals surface area (Å²) in [5.74, 6) is 0. The van der Waals surface area contributed by atoms with Crippen LogP contribution in [0.4, 0.5) is 5.69 Å². The lowest BCUT2D eigenvalue weighted by Gasteiger charge is -2.45. The first-order valence-corrected chi connectivity index (χ1v) is 8.56. The molecule has 1 aliphatic heterocycles. The third-order valence-electron chi connectivity index (χ3n) is 4.89. The van der Waals surface area contributed by atoms with Crippen LogP contribution >= 0.6 is 0 Å². The number of aromatic nitrogens is 2. The normalized spacial score (nSPS) is 23.2. The maximum absolute atomic E-state index is 12.5. The molecule has 0 amide bonds. The van der Waals surface area contributed by atoms with Crippen LogP contribution in [0.15, 0.2) is 23.0 Å². The highest BCUT2D eigenvalue weighted by Gasteiger charge is 2.38. The van der Waals surface area contributed by atoms with E-state index in [-0.39, 0.29) is 30.4 Å². The van der Waals surface area contributed by atoms with Gasteiger partial charge in [0.05, 0.1) is 24.4 Å². The molecule has 138 valence electrons. The van der Waals surface area contributed by atoms with Crippen molar-refractivity contribution in [2.24, 2.45) is 7.05 Å². The molecule has 2 N–H and O–H groups in total. The Kier molecular flexibility index (Phi) is 4.96. The first kappa shape index (κ1) is 18.3. The number of ether oxygens (including phenoxy) is 1. The Balaban J connectivity index is 2.19. The van der Waals surface area contributed by atoms with Gasteiger partial charge in [-0.15, -0.1) is 0 Å². The lowest BCUT2D eigenvalue weighted by atomic mass is 10.0. The van der Waals surface area contributed by atoms with Crippen LogP contribution in [0.5, 0.6) is 0 Å². The molecule has 1 aliphatic rings. The molecular formula is C18H23N5O3. The van der Waals surface area contributed by atoms with Gasteiger partial charge in [0.15, 0.2) is 5.72 Å². The van der Waals surface area contributed by atoms with Crippen molar-refractivity contribution in [3.05, 3.63) is 34.2 Å². The highest BCUT2D eigenvalue weighted by molar-refractivity contribution is 5.89. The Bertz CT molecular complexity index is 919. The monoisotopic (exact) mass is 357 g/mol. The second-order valence-electron chi connectivity index (χ2n) is 6.64. The zero-order chi connectivity index (χ0) is 18.9. The van der Waals surface area contributed by atoms with Gasteiger partial charge in [-0.25, -0.2) is 4.98 Å². The van der Waals surface area contributed by atoms with E-state index in [1.54, 1.807) is 19.2 Å². The van der Waals surface area contributed by atoms with Crippen LogP contribution in [0.1, 0.15) is 19.0 Å². The molecule has 0 radical (unpaired) electrons. The standard InChI is InChI=1S/C18H23N5O3/c1-4-13-9-20-18(25,11-26-3)10-23(13)15-7-16(24)22(2)14-6-5-12(8-19)21-17(14)15/h5-7,13,20,25H,4,9-11H2,1-3H3/t13-,18+/m0/s1. The van der Waals surface area contributed by atoms with E-state index >= 15 is 0 Å². The largest absolute Gasteiger partial charge is 0.380 e. The SMILES string of the molecule is CC[C@H]1CN[C@](O)(COC)CN1c1cc(=O)n(C)c2ccc(C#N)nc12. The number of β-amino-alcohol motifs (C(OH)–C–C–N with tert-alkyl or cyclic N) is 1. The summed E-state index contributed by atoms with van der Waals surface area (Å²) in [5.41, 5.74) is 0.751. The van der Waals surface area contributed by atoms with Crippen LogP contribution in [-0.4, -0.2) is 53.2 Å². The number of hydrogen-bond donors (Lipinski definition) is 2. The van der Waals surface area contributed by atoms with Crippen molar-refractivity contribution in [2.75, 3.05) is 31.7 Å². The minimum absolute atomic E-state index is 0.0787. The molecule has 0 saturated carbocycles. The van der Waals surface area contributed by atoms with E-state index in [2.05, 4.69) is 17.2 Å². The molecule has 2 atom stereocenters. The maximum Gasteiger partial charge on any atom is 0.252 e. The van der Waals surface area contributed by atoms with Crippen LogP contribution < -0.4 is 15.8 Å². The van der Waals surface area contributed by atoms with Gasteiger partial charge in [0.25, 0.3) is 5.56 Å². The fraction of sp³-hybridized carbons (Fsp3) is 0.500. The average molecular weight is 357 g/mol. The van der Waals surface area contributed by atoms with Crippen molar-refractivity contribution < 1.29 is 9.84 Å². The molecule has 2 aromatic heterocycles. The first-order chi connectivity index (χ1) is 12.4. The van der Waals surface area contributed by atoms with Crippen molar-refractivity contribution >= 4 is 16.7 Å². The van der Waals surface area contributed by atoms with Gasteiger partial charge in [0.2, 0.25) is 0 Å². The Hall–Kier alpha value is -2.47. The number of aryl methyl sites for hydroxylation is 1. The van der Waals surface area contributed by atoms with Gasteiger partial charge in [0, 0.05) is 32.8 Å². The molecule has 2 aromatic rings. The fourth-order valence-corrected chi connectivity index (χ4v) is 3.46. The summed E-state index contributed by atoms with van der Waals surface area (Å²) in [6.07, 6.45) is 0.824. The number of hydrogen-bond acceptors (Lipinski definition) is 7. The topological polar surface area (TPSA) is 103 Å². The van der Waals surface area contributed by atoms with Gasteiger partial charge in [-0.2, -0.15) is 5.26 Å². The summed E-state index contributed by atoms with van der Waals surface area (Å²) >= 11 is 0. The second-order valence-corrected chi connectivity index (χ2v) is 6.64. The van der Waals surface area contributed by atoms with Gasteiger partial charge < -0.3 is 19.3 Å². The van der Waals surface area contributed by atoms with E-state index in [9.17, 15) is 15.2 Å². The van der Waals surface area contributed by atoms with Crippen LogP contribution in [0, 0.1) is 11.3 Å². The first-order valence-electron chi connectivity index (χ1n) is 8.56. The molecule has 3 heterocycles. The van der Waals surface area contributed by atoms with Crippen molar-refractivity contribution in [3.63, 3.8) is 0 Å². The Morgan fingerprint density at radius 3 is 2.96 bits per heavy atom. The molecule has 1 saturated heterocycles. The molecule has 8 heteroatoms. The van der Waals surface area contributed by atoms with Crippen molar-refractivity contribution in [1.82, 2.24) is 14.9 Å². The minimum Gasteiger partial charge on any atom is -0.380 e. The third-order valence-corrected chi connectivity index (χ3v) is 4.89. The highest BCUT2D eigenvalue weighted by atomic mass is 16.5. The van der Waals surface area contributed by atoms with E-state index in [1.807, 2.05) is 11.0 Å². The predicted molar refractivity (Wildman–Crippen MR) is 98.0 cm³/mol. The van der Waals surface area contributed by atoms with Crippen molar-refractivity contribution in [3.8, 4) is 6.07 Å². The molecule has 0 unspecified atom stereocenters. The number of fused-ring (bicyclic) bond motifs is 1. The van der Waals surface area contributed by atoms with Crippen LogP contribution in [-0.2, 0) is 11.8 Å². The Morgan fingerprint density at radius 2 is 2.31 bits per heavy atom. The summed E-state index contributed by atoms with van der Waals surface area (Å²) in [7, 11) is 3.21. The zero-order valence-corrected chi connectivity index (χ0v) is 15.2. The zero-order valence-electron chi connectivity index (χ0n) is 15.2.